The van der Waals surface area contributed by atoms with Gasteiger partial charge in [0.25, 0.3) is 0 Å². The second-order valence-corrected chi connectivity index (χ2v) is 3.97. The number of rotatable bonds is 5. The average molecular weight is 237 g/mol. The normalized spacial score (nSPS) is 17.0. The summed E-state index contributed by atoms with van der Waals surface area (Å²) in [5, 5.41) is 0. The Morgan fingerprint density at radius 2 is 2.24 bits per heavy atom. The third-order valence-corrected chi connectivity index (χ3v) is 2.82. The molecule has 0 unspecified atom stereocenters. The van der Waals surface area contributed by atoms with Gasteiger partial charge in [-0.15, -0.1) is 0 Å². The van der Waals surface area contributed by atoms with Crippen molar-refractivity contribution in [3.05, 3.63) is 23.9 Å². The Bertz CT molecular complexity index is 340. The molecule has 0 atom stereocenters. The van der Waals surface area contributed by atoms with E-state index in [1.54, 1.807) is 6.20 Å². The molecule has 1 aromatic rings. The minimum Gasteiger partial charge on any atom is -0.476 e. The quantitative estimate of drug-likeness (QED) is 0.795. The molecule has 5 nitrogen and oxygen atoms in total. The molecular formula is C12H19N3O2. The lowest BCUT2D eigenvalue weighted by molar-refractivity contribution is 0.0319. The third kappa shape index (κ3) is 3.66. The molecule has 17 heavy (non-hydrogen) atoms. The van der Waals surface area contributed by atoms with E-state index in [2.05, 4.69) is 9.88 Å². The van der Waals surface area contributed by atoms with Crippen molar-refractivity contribution in [1.29, 1.82) is 0 Å². The molecule has 0 aliphatic carbocycles. The number of hydrogen-bond donors (Lipinski definition) is 1. The molecule has 0 radical (unpaired) electrons. The van der Waals surface area contributed by atoms with Gasteiger partial charge in [-0.3, -0.25) is 4.90 Å². The van der Waals surface area contributed by atoms with Gasteiger partial charge in [0.2, 0.25) is 5.88 Å². The maximum Gasteiger partial charge on any atom is 0.217 e. The van der Waals surface area contributed by atoms with Gasteiger partial charge in [-0.05, 0) is 6.07 Å². The molecule has 0 bridgehead atoms. The highest BCUT2D eigenvalue weighted by Gasteiger charge is 2.10. The molecule has 94 valence electrons. The molecule has 1 fully saturated rings. The molecule has 1 saturated heterocycles. The summed E-state index contributed by atoms with van der Waals surface area (Å²) in [6, 6.07) is 3.81. The number of nitrogens with two attached hydrogens (primary N) is 1. The van der Waals surface area contributed by atoms with E-state index in [1.807, 2.05) is 12.1 Å². The number of morpholine rings is 1. The number of nitrogens with zero attached hydrogens (tertiary/aromatic N) is 2. The highest BCUT2D eigenvalue weighted by molar-refractivity contribution is 5.24. The van der Waals surface area contributed by atoms with E-state index in [9.17, 15) is 0 Å². The predicted molar refractivity (Wildman–Crippen MR) is 64.9 cm³/mol. The van der Waals surface area contributed by atoms with Gasteiger partial charge in [0.1, 0.15) is 6.61 Å². The fourth-order valence-corrected chi connectivity index (χ4v) is 1.81. The molecular weight excluding hydrogens is 218 g/mol. The molecule has 2 rings (SSSR count). The Labute approximate surface area is 102 Å². The Balaban J connectivity index is 1.77. The minimum atomic E-state index is 0.459. The highest BCUT2D eigenvalue weighted by atomic mass is 16.5. The topological polar surface area (TPSA) is 60.6 Å². The van der Waals surface area contributed by atoms with Crippen LogP contribution < -0.4 is 10.5 Å². The Kier molecular flexibility index (Phi) is 4.73. The first-order chi connectivity index (χ1) is 8.40. The Morgan fingerprint density at radius 3 is 3.00 bits per heavy atom. The molecule has 0 amide bonds. The summed E-state index contributed by atoms with van der Waals surface area (Å²) in [6.07, 6.45) is 1.73. The largest absolute Gasteiger partial charge is 0.476 e. The summed E-state index contributed by atoms with van der Waals surface area (Å²) in [6.45, 7) is 5.61. The molecule has 5 heteroatoms. The summed E-state index contributed by atoms with van der Waals surface area (Å²) in [4.78, 5) is 6.51. The van der Waals surface area contributed by atoms with Crippen LogP contribution >= 0.6 is 0 Å². The zero-order valence-electron chi connectivity index (χ0n) is 9.97. The summed E-state index contributed by atoms with van der Waals surface area (Å²) in [5.74, 6) is 0.656. The van der Waals surface area contributed by atoms with Crippen LogP contribution in [0.15, 0.2) is 18.3 Å². The maximum absolute atomic E-state index is 5.66. The van der Waals surface area contributed by atoms with Crippen molar-refractivity contribution in [2.45, 2.75) is 6.54 Å². The number of ether oxygens (including phenoxy) is 2. The van der Waals surface area contributed by atoms with Gasteiger partial charge < -0.3 is 15.2 Å². The van der Waals surface area contributed by atoms with Gasteiger partial charge in [-0.25, -0.2) is 4.98 Å². The summed E-state index contributed by atoms with van der Waals surface area (Å²) >= 11 is 0. The zero-order valence-corrected chi connectivity index (χ0v) is 9.97. The lowest BCUT2D eigenvalue weighted by atomic mass is 10.3. The van der Waals surface area contributed by atoms with Gasteiger partial charge in [0.05, 0.1) is 13.2 Å². The van der Waals surface area contributed by atoms with E-state index in [4.69, 9.17) is 15.2 Å². The van der Waals surface area contributed by atoms with Gasteiger partial charge >= 0.3 is 0 Å². The number of pyridine rings is 1. The van der Waals surface area contributed by atoms with Crippen LogP contribution in [0.2, 0.25) is 0 Å². The lowest BCUT2D eigenvalue weighted by Crippen LogP contribution is -2.38. The molecule has 2 heterocycles. The fraction of sp³-hybridized carbons (Fsp3) is 0.583. The van der Waals surface area contributed by atoms with E-state index >= 15 is 0 Å². The molecule has 0 saturated carbocycles. The monoisotopic (exact) mass is 237 g/mol. The predicted octanol–water partition coefficient (Wildman–Crippen LogP) is 0.251. The first-order valence-electron chi connectivity index (χ1n) is 5.97. The lowest BCUT2D eigenvalue weighted by Gasteiger charge is -2.26. The first kappa shape index (κ1) is 12.3. The number of hydrogen-bond acceptors (Lipinski definition) is 5. The molecule has 1 aliphatic heterocycles. The van der Waals surface area contributed by atoms with Gasteiger partial charge in [0, 0.05) is 37.9 Å². The summed E-state index contributed by atoms with van der Waals surface area (Å²) < 4.78 is 10.9. The molecule has 2 N–H and O–H groups in total. The van der Waals surface area contributed by atoms with Crippen molar-refractivity contribution in [3.63, 3.8) is 0 Å². The van der Waals surface area contributed by atoms with Crippen molar-refractivity contribution < 1.29 is 9.47 Å². The van der Waals surface area contributed by atoms with Crippen LogP contribution in [-0.4, -0.2) is 49.3 Å². The molecule has 1 aromatic heterocycles. The molecule has 0 aromatic carbocycles. The Morgan fingerprint density at radius 1 is 1.41 bits per heavy atom. The highest BCUT2D eigenvalue weighted by Crippen LogP contribution is 2.12. The maximum atomic E-state index is 5.66. The van der Waals surface area contributed by atoms with Crippen LogP contribution in [-0.2, 0) is 11.3 Å². The molecule has 1 aliphatic rings. The second-order valence-electron chi connectivity index (χ2n) is 3.97. The zero-order chi connectivity index (χ0) is 11.9. The van der Waals surface area contributed by atoms with Crippen LogP contribution in [0.4, 0.5) is 0 Å². The standard InChI is InChI=1S/C12H19N3O2/c13-10-11-2-1-3-14-12(11)17-9-6-15-4-7-16-8-5-15/h1-3H,4-10,13H2. The van der Waals surface area contributed by atoms with E-state index < -0.39 is 0 Å². The van der Waals surface area contributed by atoms with Crippen molar-refractivity contribution in [3.8, 4) is 5.88 Å². The van der Waals surface area contributed by atoms with E-state index in [0.717, 1.165) is 38.4 Å². The fourth-order valence-electron chi connectivity index (χ4n) is 1.81. The van der Waals surface area contributed by atoms with E-state index in [1.165, 1.54) is 0 Å². The van der Waals surface area contributed by atoms with Gasteiger partial charge in [0.15, 0.2) is 0 Å². The third-order valence-electron chi connectivity index (χ3n) is 2.82. The SMILES string of the molecule is NCc1cccnc1OCCN1CCOCC1. The minimum absolute atomic E-state index is 0.459. The summed E-state index contributed by atoms with van der Waals surface area (Å²) in [5.41, 5.74) is 6.57. The molecule has 0 spiro atoms. The van der Waals surface area contributed by atoms with Crippen LogP contribution in [0.25, 0.3) is 0 Å². The Hall–Kier alpha value is -1.17. The van der Waals surface area contributed by atoms with Crippen molar-refractivity contribution in [2.24, 2.45) is 5.73 Å². The van der Waals surface area contributed by atoms with Gasteiger partial charge in [-0.2, -0.15) is 0 Å². The first-order valence-corrected chi connectivity index (χ1v) is 5.97. The second kappa shape index (κ2) is 6.54. The van der Waals surface area contributed by atoms with E-state index in [0.29, 0.717) is 19.0 Å². The van der Waals surface area contributed by atoms with Crippen LogP contribution in [0.5, 0.6) is 5.88 Å². The average Bonchev–Trinajstić information content (AvgIpc) is 2.40. The number of aromatic nitrogens is 1. The summed E-state index contributed by atoms with van der Waals surface area (Å²) in [7, 11) is 0. The van der Waals surface area contributed by atoms with Crippen molar-refractivity contribution in [1.82, 2.24) is 9.88 Å². The van der Waals surface area contributed by atoms with Crippen molar-refractivity contribution >= 4 is 0 Å². The van der Waals surface area contributed by atoms with Crippen LogP contribution in [0.1, 0.15) is 5.56 Å². The van der Waals surface area contributed by atoms with Crippen molar-refractivity contribution in [2.75, 3.05) is 39.5 Å². The van der Waals surface area contributed by atoms with Crippen LogP contribution in [0, 0.1) is 0 Å². The van der Waals surface area contributed by atoms with E-state index in [-0.39, 0.29) is 0 Å². The smallest absolute Gasteiger partial charge is 0.217 e. The van der Waals surface area contributed by atoms with Crippen LogP contribution in [0.3, 0.4) is 0 Å². The van der Waals surface area contributed by atoms with Gasteiger partial charge in [-0.1, -0.05) is 6.07 Å².